The Labute approximate surface area is 387 Å². The van der Waals surface area contributed by atoms with Crippen molar-refractivity contribution in [3.05, 3.63) is 97.2 Å². The normalized spacial score (nSPS) is 12.9. The highest BCUT2D eigenvalue weighted by Crippen LogP contribution is 2.13. The molecular formula is C57H94O6. The van der Waals surface area contributed by atoms with Gasteiger partial charge in [-0.3, -0.25) is 14.4 Å². The molecule has 0 rings (SSSR count). The Balaban J connectivity index is 4.56. The molecule has 0 heterocycles. The molecule has 0 aromatic carbocycles. The van der Waals surface area contributed by atoms with Gasteiger partial charge in [0.15, 0.2) is 6.10 Å². The van der Waals surface area contributed by atoms with Crippen LogP contribution in [-0.2, 0) is 28.6 Å². The van der Waals surface area contributed by atoms with Crippen LogP contribution in [-0.4, -0.2) is 37.2 Å². The van der Waals surface area contributed by atoms with Gasteiger partial charge in [-0.05, 0) is 96.3 Å². The van der Waals surface area contributed by atoms with E-state index in [2.05, 4.69) is 118 Å². The molecule has 0 aliphatic rings. The Morgan fingerprint density at radius 2 is 0.587 bits per heavy atom. The molecule has 0 fully saturated rings. The number of rotatable bonds is 45. The Hall–Kier alpha value is -3.67. The first-order valence-corrected chi connectivity index (χ1v) is 25.7. The van der Waals surface area contributed by atoms with E-state index in [4.69, 9.17) is 14.2 Å². The maximum atomic E-state index is 12.8. The van der Waals surface area contributed by atoms with Gasteiger partial charge in [0.1, 0.15) is 13.2 Å². The number of hydrogen-bond donors (Lipinski definition) is 0. The van der Waals surface area contributed by atoms with Gasteiger partial charge in [-0.25, -0.2) is 0 Å². The highest BCUT2D eigenvalue weighted by Gasteiger charge is 2.19. The molecule has 0 saturated heterocycles. The summed E-state index contributed by atoms with van der Waals surface area (Å²) in [5, 5.41) is 0. The molecule has 1 atom stereocenters. The second-order valence-electron chi connectivity index (χ2n) is 16.7. The highest BCUT2D eigenvalue weighted by atomic mass is 16.6. The third kappa shape index (κ3) is 49.2. The van der Waals surface area contributed by atoms with Gasteiger partial charge in [0.25, 0.3) is 0 Å². The van der Waals surface area contributed by atoms with E-state index in [0.717, 1.165) is 70.6 Å². The first-order chi connectivity index (χ1) is 31.0. The standard InChI is InChI=1S/C57H94O6/c1-4-7-10-13-16-19-22-24-26-28-30-32-35-38-41-44-47-50-56(59)62-53-54(52-61-55(58)49-46-43-40-37-34-21-18-15-12-9-6-3)63-57(60)51-48-45-42-39-36-33-31-29-27-25-23-20-17-14-11-8-5-2/h16-17,19-20,24-27,30-33,38-39,41-42,54H,4-15,18,21-23,28-29,34-37,40,43-53H2,1-3H3/b19-16-,20-17-,26-24-,27-25-,32-30-,33-31-,41-38-,42-39-/t54-/m1/s1. The second-order valence-corrected chi connectivity index (χ2v) is 16.7. The molecule has 0 amide bonds. The van der Waals surface area contributed by atoms with Gasteiger partial charge in [-0.15, -0.1) is 0 Å². The molecule has 0 unspecified atom stereocenters. The van der Waals surface area contributed by atoms with Crippen LogP contribution in [0, 0.1) is 0 Å². The van der Waals surface area contributed by atoms with Crippen molar-refractivity contribution >= 4 is 17.9 Å². The lowest BCUT2D eigenvalue weighted by atomic mass is 10.1. The van der Waals surface area contributed by atoms with Crippen molar-refractivity contribution in [1.29, 1.82) is 0 Å². The number of carbonyl (C=O) groups is 3. The summed E-state index contributed by atoms with van der Waals surface area (Å²) in [5.41, 5.74) is 0. The minimum absolute atomic E-state index is 0.116. The van der Waals surface area contributed by atoms with Crippen LogP contribution in [0.4, 0.5) is 0 Å². The topological polar surface area (TPSA) is 78.9 Å². The molecule has 0 aromatic rings. The fraction of sp³-hybridized carbons (Fsp3) is 0.667. The summed E-state index contributed by atoms with van der Waals surface area (Å²) in [4.78, 5) is 37.9. The zero-order chi connectivity index (χ0) is 45.8. The number of esters is 3. The maximum absolute atomic E-state index is 12.8. The van der Waals surface area contributed by atoms with Crippen LogP contribution in [0.5, 0.6) is 0 Å². The summed E-state index contributed by atoms with van der Waals surface area (Å²) in [6.07, 6.45) is 66.8. The average molecular weight is 875 g/mol. The van der Waals surface area contributed by atoms with Crippen molar-refractivity contribution in [2.24, 2.45) is 0 Å². The van der Waals surface area contributed by atoms with Crippen LogP contribution in [0.1, 0.15) is 226 Å². The van der Waals surface area contributed by atoms with Crippen molar-refractivity contribution in [3.8, 4) is 0 Å². The van der Waals surface area contributed by atoms with Gasteiger partial charge in [-0.1, -0.05) is 208 Å². The summed E-state index contributed by atoms with van der Waals surface area (Å²) in [5.74, 6) is -1.04. The lowest BCUT2D eigenvalue weighted by Gasteiger charge is -2.18. The van der Waals surface area contributed by atoms with E-state index in [1.165, 1.54) is 103 Å². The Morgan fingerprint density at radius 3 is 0.952 bits per heavy atom. The average Bonchev–Trinajstić information content (AvgIpc) is 3.28. The first kappa shape index (κ1) is 59.3. The summed E-state index contributed by atoms with van der Waals surface area (Å²) < 4.78 is 16.7. The summed E-state index contributed by atoms with van der Waals surface area (Å²) >= 11 is 0. The van der Waals surface area contributed by atoms with Crippen molar-refractivity contribution in [1.82, 2.24) is 0 Å². The largest absolute Gasteiger partial charge is 0.462 e. The fourth-order valence-corrected chi connectivity index (χ4v) is 6.66. The molecular weight excluding hydrogens is 781 g/mol. The van der Waals surface area contributed by atoms with E-state index in [0.29, 0.717) is 19.3 Å². The molecule has 0 aromatic heterocycles. The monoisotopic (exact) mass is 875 g/mol. The summed E-state index contributed by atoms with van der Waals surface area (Å²) in [6, 6.07) is 0. The molecule has 0 aliphatic carbocycles. The SMILES string of the molecule is CCCCC/C=C\C/C=C\C/C=C\C/C=C\CCCC(=O)OC[C@@H](COC(=O)CCCCCCCCCCCCC)OC(=O)CCC/C=C\C/C=C\C/C=C\C/C=C\CCCCC. The molecule has 0 aliphatic heterocycles. The minimum Gasteiger partial charge on any atom is -0.462 e. The third-order valence-electron chi connectivity index (χ3n) is 10.6. The fourth-order valence-electron chi connectivity index (χ4n) is 6.66. The van der Waals surface area contributed by atoms with Crippen LogP contribution in [0.25, 0.3) is 0 Å². The van der Waals surface area contributed by atoms with E-state index in [1.807, 2.05) is 0 Å². The molecule has 0 radical (unpaired) electrons. The molecule has 358 valence electrons. The van der Waals surface area contributed by atoms with E-state index in [1.54, 1.807) is 0 Å². The molecule has 6 heteroatoms. The van der Waals surface area contributed by atoms with Gasteiger partial charge >= 0.3 is 17.9 Å². The minimum atomic E-state index is -0.826. The predicted molar refractivity (Wildman–Crippen MR) is 270 cm³/mol. The van der Waals surface area contributed by atoms with E-state index < -0.39 is 6.10 Å². The smallest absolute Gasteiger partial charge is 0.306 e. The first-order valence-electron chi connectivity index (χ1n) is 25.7. The predicted octanol–water partition coefficient (Wildman–Crippen LogP) is 17.0. The van der Waals surface area contributed by atoms with Crippen molar-refractivity contribution in [2.75, 3.05) is 13.2 Å². The van der Waals surface area contributed by atoms with Crippen molar-refractivity contribution in [2.45, 2.75) is 232 Å². The zero-order valence-corrected chi connectivity index (χ0v) is 40.8. The molecule has 0 bridgehead atoms. The van der Waals surface area contributed by atoms with Crippen molar-refractivity contribution < 1.29 is 28.6 Å². The van der Waals surface area contributed by atoms with E-state index in [-0.39, 0.29) is 44.0 Å². The second kappa shape index (κ2) is 51.0. The van der Waals surface area contributed by atoms with Crippen LogP contribution >= 0.6 is 0 Å². The van der Waals surface area contributed by atoms with E-state index >= 15 is 0 Å². The van der Waals surface area contributed by atoms with Crippen LogP contribution < -0.4 is 0 Å². The number of carbonyl (C=O) groups excluding carboxylic acids is 3. The van der Waals surface area contributed by atoms with Gasteiger partial charge in [0.2, 0.25) is 0 Å². The highest BCUT2D eigenvalue weighted by molar-refractivity contribution is 5.71. The van der Waals surface area contributed by atoms with Gasteiger partial charge in [-0.2, -0.15) is 0 Å². The lowest BCUT2D eigenvalue weighted by Crippen LogP contribution is -2.30. The number of allylic oxidation sites excluding steroid dienone is 16. The summed E-state index contributed by atoms with van der Waals surface area (Å²) in [6.45, 7) is 6.47. The Morgan fingerprint density at radius 1 is 0.317 bits per heavy atom. The van der Waals surface area contributed by atoms with Gasteiger partial charge in [0, 0.05) is 19.3 Å². The maximum Gasteiger partial charge on any atom is 0.306 e. The molecule has 63 heavy (non-hydrogen) atoms. The summed E-state index contributed by atoms with van der Waals surface area (Å²) in [7, 11) is 0. The van der Waals surface area contributed by atoms with Crippen LogP contribution in [0.3, 0.4) is 0 Å². The van der Waals surface area contributed by atoms with Crippen LogP contribution in [0.2, 0.25) is 0 Å². The Bertz CT molecular complexity index is 1280. The van der Waals surface area contributed by atoms with Gasteiger partial charge < -0.3 is 14.2 Å². The third-order valence-corrected chi connectivity index (χ3v) is 10.6. The molecule has 0 saturated carbocycles. The molecule has 0 N–H and O–H groups in total. The molecule has 6 nitrogen and oxygen atoms in total. The molecule has 0 spiro atoms. The zero-order valence-electron chi connectivity index (χ0n) is 40.8. The number of hydrogen-bond acceptors (Lipinski definition) is 6. The van der Waals surface area contributed by atoms with Crippen molar-refractivity contribution in [3.63, 3.8) is 0 Å². The lowest BCUT2D eigenvalue weighted by molar-refractivity contribution is -0.167. The Kier molecular flexibility index (Phi) is 48.0. The van der Waals surface area contributed by atoms with E-state index in [9.17, 15) is 14.4 Å². The van der Waals surface area contributed by atoms with Crippen LogP contribution in [0.15, 0.2) is 97.2 Å². The van der Waals surface area contributed by atoms with Gasteiger partial charge in [0.05, 0.1) is 0 Å². The number of ether oxygens (including phenoxy) is 3. The number of unbranched alkanes of at least 4 members (excludes halogenated alkanes) is 18. The quantitative estimate of drug-likeness (QED) is 0.0262.